The smallest absolute Gasteiger partial charge is 0.253 e. The topological polar surface area (TPSA) is 60.9 Å². The molecule has 31 heavy (non-hydrogen) atoms. The van der Waals surface area contributed by atoms with E-state index in [9.17, 15) is 14.4 Å². The molecular formula is C25H29N3O3. The van der Waals surface area contributed by atoms with Crippen LogP contribution in [-0.4, -0.2) is 60.2 Å². The monoisotopic (exact) mass is 419 g/mol. The highest BCUT2D eigenvalue weighted by atomic mass is 16.2. The van der Waals surface area contributed by atoms with E-state index in [4.69, 9.17) is 0 Å². The highest BCUT2D eigenvalue weighted by Crippen LogP contribution is 2.29. The van der Waals surface area contributed by atoms with Gasteiger partial charge in [-0.3, -0.25) is 14.4 Å². The number of hydrogen-bond donors (Lipinski definition) is 0. The molecule has 2 heterocycles. The van der Waals surface area contributed by atoms with Crippen molar-refractivity contribution in [3.8, 4) is 0 Å². The molecule has 0 saturated carbocycles. The molecule has 2 aromatic carbocycles. The molecule has 0 bridgehead atoms. The minimum atomic E-state index is 0.000233. The first-order valence-corrected chi connectivity index (χ1v) is 11.0. The Morgan fingerprint density at radius 1 is 0.871 bits per heavy atom. The van der Waals surface area contributed by atoms with Crippen LogP contribution in [0, 0.1) is 0 Å². The van der Waals surface area contributed by atoms with Gasteiger partial charge < -0.3 is 14.7 Å². The number of carbonyl (C=O) groups is 3. The summed E-state index contributed by atoms with van der Waals surface area (Å²) < 4.78 is 0. The van der Waals surface area contributed by atoms with E-state index in [0.717, 1.165) is 30.5 Å². The average molecular weight is 420 g/mol. The van der Waals surface area contributed by atoms with Gasteiger partial charge in [0, 0.05) is 57.3 Å². The zero-order valence-electron chi connectivity index (χ0n) is 18.0. The van der Waals surface area contributed by atoms with Crippen LogP contribution in [0.15, 0.2) is 48.5 Å². The van der Waals surface area contributed by atoms with Crippen molar-refractivity contribution in [2.45, 2.75) is 32.6 Å². The second-order valence-corrected chi connectivity index (χ2v) is 8.28. The van der Waals surface area contributed by atoms with Crippen molar-refractivity contribution in [3.63, 3.8) is 0 Å². The molecule has 0 atom stereocenters. The molecule has 4 rings (SSSR count). The molecule has 2 aliphatic rings. The lowest BCUT2D eigenvalue weighted by Crippen LogP contribution is -2.50. The van der Waals surface area contributed by atoms with E-state index < -0.39 is 0 Å². The van der Waals surface area contributed by atoms with Gasteiger partial charge in [0.25, 0.3) is 5.91 Å². The molecule has 0 aliphatic carbocycles. The van der Waals surface area contributed by atoms with Crippen molar-refractivity contribution in [1.29, 1.82) is 0 Å². The van der Waals surface area contributed by atoms with Crippen LogP contribution in [0.5, 0.6) is 0 Å². The quantitative estimate of drug-likeness (QED) is 0.749. The van der Waals surface area contributed by atoms with Crippen molar-refractivity contribution in [2.24, 2.45) is 0 Å². The Labute approximate surface area is 183 Å². The van der Waals surface area contributed by atoms with Crippen LogP contribution in [0.4, 0.5) is 5.69 Å². The first-order valence-electron chi connectivity index (χ1n) is 11.0. The minimum Gasteiger partial charge on any atom is -0.339 e. The van der Waals surface area contributed by atoms with Crippen LogP contribution >= 0.6 is 0 Å². The molecule has 0 unspecified atom stereocenters. The van der Waals surface area contributed by atoms with Gasteiger partial charge in [0.15, 0.2) is 0 Å². The van der Waals surface area contributed by atoms with Gasteiger partial charge >= 0.3 is 0 Å². The minimum absolute atomic E-state index is 0.000233. The summed E-state index contributed by atoms with van der Waals surface area (Å²) in [5, 5.41) is 0. The highest BCUT2D eigenvalue weighted by Gasteiger charge is 2.27. The first-order chi connectivity index (χ1) is 15.0. The number of benzene rings is 2. The van der Waals surface area contributed by atoms with Crippen LogP contribution in [0.2, 0.25) is 0 Å². The summed E-state index contributed by atoms with van der Waals surface area (Å²) >= 11 is 0. The Kier molecular flexibility index (Phi) is 6.35. The van der Waals surface area contributed by atoms with Gasteiger partial charge in [-0.25, -0.2) is 0 Å². The molecule has 0 N–H and O–H groups in total. The van der Waals surface area contributed by atoms with E-state index in [1.807, 2.05) is 46.2 Å². The fourth-order valence-electron chi connectivity index (χ4n) is 4.45. The van der Waals surface area contributed by atoms with Crippen molar-refractivity contribution in [3.05, 3.63) is 65.2 Å². The third kappa shape index (κ3) is 4.79. The van der Waals surface area contributed by atoms with Gasteiger partial charge in [-0.2, -0.15) is 0 Å². The van der Waals surface area contributed by atoms with E-state index in [1.165, 1.54) is 5.56 Å². The van der Waals surface area contributed by atoms with Crippen LogP contribution in [0.25, 0.3) is 0 Å². The summed E-state index contributed by atoms with van der Waals surface area (Å²) in [4.78, 5) is 42.7. The van der Waals surface area contributed by atoms with Crippen LogP contribution < -0.4 is 4.90 Å². The first kappa shape index (κ1) is 21.1. The Hall–Kier alpha value is -3.15. The molecule has 162 valence electrons. The Bertz CT molecular complexity index is 965. The standard InChI is InChI=1S/C25H29N3O3/c1-19(29)28-13-12-21-18-22(10-11-23(21)28)25(31)27-16-14-26(15-17-27)24(30)9-5-8-20-6-3-2-4-7-20/h2-4,6-7,10-11,18H,5,8-9,12-17H2,1H3. The maximum Gasteiger partial charge on any atom is 0.253 e. The number of anilines is 1. The molecule has 2 aromatic rings. The maximum absolute atomic E-state index is 13.0. The van der Waals surface area contributed by atoms with Crippen molar-refractivity contribution < 1.29 is 14.4 Å². The molecule has 3 amide bonds. The second-order valence-electron chi connectivity index (χ2n) is 8.28. The van der Waals surface area contributed by atoms with Crippen molar-refractivity contribution >= 4 is 23.4 Å². The Morgan fingerprint density at radius 2 is 1.58 bits per heavy atom. The van der Waals surface area contributed by atoms with Gasteiger partial charge in [-0.1, -0.05) is 30.3 Å². The van der Waals surface area contributed by atoms with Crippen LogP contribution in [-0.2, 0) is 22.4 Å². The summed E-state index contributed by atoms with van der Waals surface area (Å²) in [6.45, 7) is 4.52. The lowest BCUT2D eigenvalue weighted by atomic mass is 10.1. The Morgan fingerprint density at radius 3 is 2.29 bits per heavy atom. The molecule has 2 aliphatic heterocycles. The SMILES string of the molecule is CC(=O)N1CCc2cc(C(=O)N3CCN(C(=O)CCCc4ccccc4)CC3)ccc21. The Balaban J connectivity index is 1.27. The zero-order valence-corrected chi connectivity index (χ0v) is 18.0. The van der Waals surface area contributed by atoms with Gasteiger partial charge in [-0.15, -0.1) is 0 Å². The van der Waals surface area contributed by atoms with E-state index in [1.54, 1.807) is 11.8 Å². The van der Waals surface area contributed by atoms with E-state index in [0.29, 0.717) is 44.7 Å². The predicted molar refractivity (Wildman–Crippen MR) is 120 cm³/mol. The van der Waals surface area contributed by atoms with E-state index >= 15 is 0 Å². The number of piperazine rings is 1. The summed E-state index contributed by atoms with van der Waals surface area (Å²) in [7, 11) is 0. The summed E-state index contributed by atoms with van der Waals surface area (Å²) in [6.07, 6.45) is 3.07. The van der Waals surface area contributed by atoms with Gasteiger partial charge in [0.05, 0.1) is 0 Å². The van der Waals surface area contributed by atoms with Gasteiger partial charge in [0.1, 0.15) is 0 Å². The molecule has 0 spiro atoms. The molecule has 6 heteroatoms. The normalized spacial score (nSPS) is 15.7. The molecular weight excluding hydrogens is 390 g/mol. The van der Waals surface area contributed by atoms with Gasteiger partial charge in [-0.05, 0) is 48.6 Å². The number of rotatable bonds is 5. The fraction of sp³-hybridized carbons (Fsp3) is 0.400. The van der Waals surface area contributed by atoms with Crippen molar-refractivity contribution in [1.82, 2.24) is 9.80 Å². The largest absolute Gasteiger partial charge is 0.339 e. The van der Waals surface area contributed by atoms with Crippen LogP contribution in [0.1, 0.15) is 41.3 Å². The fourth-order valence-corrected chi connectivity index (χ4v) is 4.45. The maximum atomic E-state index is 13.0. The highest BCUT2D eigenvalue weighted by molar-refractivity contribution is 5.98. The number of nitrogens with zero attached hydrogens (tertiary/aromatic N) is 3. The lowest BCUT2D eigenvalue weighted by Gasteiger charge is -2.35. The summed E-state index contributed by atoms with van der Waals surface area (Å²) in [6, 6.07) is 15.8. The zero-order chi connectivity index (χ0) is 21.8. The predicted octanol–water partition coefficient (Wildman–Crippen LogP) is 2.90. The summed E-state index contributed by atoms with van der Waals surface area (Å²) in [5.41, 5.74) is 3.88. The molecule has 0 aromatic heterocycles. The average Bonchev–Trinajstić information content (AvgIpc) is 3.23. The van der Waals surface area contributed by atoms with Crippen molar-refractivity contribution in [2.75, 3.05) is 37.6 Å². The number of carbonyl (C=O) groups excluding carboxylic acids is 3. The lowest BCUT2D eigenvalue weighted by molar-refractivity contribution is -0.132. The number of hydrogen-bond acceptors (Lipinski definition) is 3. The number of fused-ring (bicyclic) bond motifs is 1. The number of amides is 3. The number of aryl methyl sites for hydroxylation is 1. The molecule has 0 radical (unpaired) electrons. The van der Waals surface area contributed by atoms with E-state index in [2.05, 4.69) is 12.1 Å². The third-order valence-electron chi connectivity index (χ3n) is 6.22. The second kappa shape index (κ2) is 9.33. The third-order valence-corrected chi connectivity index (χ3v) is 6.22. The molecule has 6 nitrogen and oxygen atoms in total. The van der Waals surface area contributed by atoms with Gasteiger partial charge in [0.2, 0.25) is 11.8 Å². The van der Waals surface area contributed by atoms with E-state index in [-0.39, 0.29) is 17.7 Å². The molecule has 1 saturated heterocycles. The summed E-state index contributed by atoms with van der Waals surface area (Å²) in [5.74, 6) is 0.201. The van der Waals surface area contributed by atoms with Crippen LogP contribution in [0.3, 0.4) is 0 Å². The molecule has 1 fully saturated rings.